The van der Waals surface area contributed by atoms with Crippen LogP contribution in [0.15, 0.2) is 55.0 Å². The molecule has 1 aliphatic carbocycles. The van der Waals surface area contributed by atoms with Crippen LogP contribution in [0.4, 0.5) is 14.0 Å². The third kappa shape index (κ3) is 7.81. The minimum Gasteiger partial charge on any atom is -0.465 e. The first-order chi connectivity index (χ1) is 31.7. The summed E-state index contributed by atoms with van der Waals surface area (Å²) in [6.07, 6.45) is 7.07. The van der Waals surface area contributed by atoms with Gasteiger partial charge in [0.1, 0.15) is 35.3 Å². The number of carbonyl (C=O) groups is 4. The van der Waals surface area contributed by atoms with Crippen LogP contribution in [0.25, 0.3) is 44.7 Å². The Kier molecular flexibility index (Phi) is 11.1. The molecule has 0 radical (unpaired) electrons. The van der Waals surface area contributed by atoms with E-state index >= 15 is 4.39 Å². The van der Waals surface area contributed by atoms with E-state index in [9.17, 15) is 29.4 Å². The highest BCUT2D eigenvalue weighted by Gasteiger charge is 2.40. The van der Waals surface area contributed by atoms with E-state index in [2.05, 4.69) is 25.6 Å². The van der Waals surface area contributed by atoms with Gasteiger partial charge in [-0.3, -0.25) is 14.2 Å². The van der Waals surface area contributed by atoms with E-state index < -0.39 is 42.4 Å². The molecule has 1 saturated carbocycles. The molecule has 6 aromatic rings. The molecule has 66 heavy (non-hydrogen) atoms. The van der Waals surface area contributed by atoms with Gasteiger partial charge in [0.2, 0.25) is 18.0 Å². The highest BCUT2D eigenvalue weighted by Crippen LogP contribution is 2.50. The molecule has 3 fully saturated rings. The van der Waals surface area contributed by atoms with Gasteiger partial charge >= 0.3 is 12.2 Å². The molecule has 2 saturated heterocycles. The number of fused-ring (bicyclic) bond motifs is 5. The molecule has 4 aromatic heterocycles. The summed E-state index contributed by atoms with van der Waals surface area (Å²) >= 11 is 1.60. The zero-order chi connectivity index (χ0) is 46.1. The van der Waals surface area contributed by atoms with Gasteiger partial charge in [0.15, 0.2) is 0 Å². The van der Waals surface area contributed by atoms with Gasteiger partial charge in [0, 0.05) is 41.7 Å². The summed E-state index contributed by atoms with van der Waals surface area (Å²) in [4.78, 5) is 75.5. The Morgan fingerprint density at radius 3 is 1.92 bits per heavy atom. The lowest BCUT2D eigenvalue weighted by Crippen LogP contribution is -2.50. The number of aromatic amines is 2. The second-order valence-electron chi connectivity index (χ2n) is 18.4. The second-order valence-corrected chi connectivity index (χ2v) is 19.5. The average molecular weight is 919 g/mol. The molecule has 17 nitrogen and oxygen atoms in total. The van der Waals surface area contributed by atoms with Crippen LogP contribution in [0.1, 0.15) is 112 Å². The van der Waals surface area contributed by atoms with Crippen LogP contribution in [-0.4, -0.2) is 98.7 Å². The van der Waals surface area contributed by atoms with Gasteiger partial charge < -0.3 is 45.4 Å². The standard InChI is InChI=1S/C47H51FN10O7S/c1-22(2)38(54-46(61)62)43(59)56-13-5-7-32(56)40-49-19-29(52-40)25-11-12-31-27(15-25)17-34-37-28(48)16-26(18-35(37)65-45(58(31)34)36-21-51-42(66-36)24-9-10-24)30-20-50-41(53-30)33-8-6-14-57(33)44(60)39(23(3)4)55-47(63)64/h11-12,15-24,32-33,38-39,45,54-55H,5-10,13-14H2,1-4H3,(H,49,52)(H,50,53)(H,61,62)(H,63,64)/t32-,33-,38?,39?,45?/m0/s1. The highest BCUT2D eigenvalue weighted by atomic mass is 32.1. The molecule has 7 heterocycles. The number of hydrogen-bond acceptors (Lipinski definition) is 9. The van der Waals surface area contributed by atoms with Crippen LogP contribution in [0.3, 0.4) is 0 Å². The van der Waals surface area contributed by atoms with Crippen molar-refractivity contribution in [3.05, 3.63) is 82.3 Å². The van der Waals surface area contributed by atoms with Crippen LogP contribution in [-0.2, 0) is 9.59 Å². The van der Waals surface area contributed by atoms with Gasteiger partial charge in [-0.2, -0.15) is 0 Å². The van der Waals surface area contributed by atoms with Crippen LogP contribution >= 0.6 is 11.3 Å². The molecule has 6 N–H and O–H groups in total. The number of nitrogens with zero attached hydrogens (tertiary/aromatic N) is 6. The number of imidazole rings is 2. The molecule has 0 bridgehead atoms. The number of rotatable bonds is 12. The summed E-state index contributed by atoms with van der Waals surface area (Å²) in [6, 6.07) is 8.71. The molecule has 19 heteroatoms. The third-order valence-electron chi connectivity index (χ3n) is 13.3. The highest BCUT2D eigenvalue weighted by molar-refractivity contribution is 7.11. The maximum Gasteiger partial charge on any atom is 0.405 e. The zero-order valence-corrected chi connectivity index (χ0v) is 37.7. The molecule has 3 unspecified atom stereocenters. The first-order valence-electron chi connectivity index (χ1n) is 22.6. The number of thiazole rings is 1. The van der Waals surface area contributed by atoms with Crippen LogP contribution < -0.4 is 15.4 Å². The number of carbonyl (C=O) groups excluding carboxylic acids is 2. The molecule has 5 atom stereocenters. The number of amides is 4. The largest absolute Gasteiger partial charge is 0.465 e. The SMILES string of the molecule is CC(C)C(NC(=O)O)C(=O)N1CCC[C@H]1c1ncc(-c2cc(F)c3c(c2)OC(c2cnc(C4CC4)s2)n2c-3cc3cc(-c4cnc([C@@H]5CCCN5C(=O)C(NC(=O)O)C(C)C)[nH]4)ccc32)[nH]1. The van der Waals surface area contributed by atoms with Crippen molar-refractivity contribution in [1.29, 1.82) is 0 Å². The Balaban J connectivity index is 0.973. The summed E-state index contributed by atoms with van der Waals surface area (Å²) in [5.74, 6) is 0.364. The van der Waals surface area contributed by atoms with Crippen molar-refractivity contribution in [2.75, 3.05) is 13.1 Å². The van der Waals surface area contributed by atoms with E-state index in [1.807, 2.05) is 54.9 Å². The molecule has 0 spiro atoms. The Labute approximate surface area is 382 Å². The second kappa shape index (κ2) is 16.9. The van der Waals surface area contributed by atoms with Crippen LogP contribution in [0.5, 0.6) is 5.75 Å². The first kappa shape index (κ1) is 43.1. The number of nitrogens with one attached hydrogen (secondary N) is 4. The maximum atomic E-state index is 16.8. The predicted octanol–water partition coefficient (Wildman–Crippen LogP) is 8.41. The van der Waals surface area contributed by atoms with E-state index in [0.717, 1.165) is 57.7 Å². The molecule has 4 aliphatic rings. The van der Waals surface area contributed by atoms with E-state index in [-0.39, 0.29) is 29.7 Å². The maximum absolute atomic E-state index is 16.8. The molecule has 2 aromatic carbocycles. The lowest BCUT2D eigenvalue weighted by Gasteiger charge is -2.30. The van der Waals surface area contributed by atoms with E-state index in [4.69, 9.17) is 14.7 Å². The minimum atomic E-state index is -1.26. The topological polar surface area (TPSA) is 224 Å². The number of benzene rings is 2. The Morgan fingerprint density at radius 1 is 0.773 bits per heavy atom. The van der Waals surface area contributed by atoms with Gasteiger partial charge in [0.05, 0.1) is 62.5 Å². The monoisotopic (exact) mass is 918 g/mol. The quantitative estimate of drug-likeness (QED) is 0.0687. The Hall–Kier alpha value is -6.76. The van der Waals surface area contributed by atoms with E-state index in [0.29, 0.717) is 71.8 Å². The number of H-pyrrole nitrogens is 2. The van der Waals surface area contributed by atoms with Crippen molar-refractivity contribution in [2.24, 2.45) is 11.8 Å². The number of likely N-dealkylation sites (tertiary alicyclic amines) is 2. The molecule has 4 amide bonds. The number of carboxylic acid groups (broad SMARTS) is 2. The van der Waals surface area contributed by atoms with E-state index in [1.54, 1.807) is 47.4 Å². The smallest absolute Gasteiger partial charge is 0.405 e. The van der Waals surface area contributed by atoms with Gasteiger partial charge in [-0.1, -0.05) is 33.8 Å². The van der Waals surface area contributed by atoms with Gasteiger partial charge in [-0.15, -0.1) is 11.3 Å². The van der Waals surface area contributed by atoms with Crippen molar-refractivity contribution in [2.45, 2.75) is 103 Å². The lowest BCUT2D eigenvalue weighted by molar-refractivity contribution is -0.136. The van der Waals surface area contributed by atoms with Crippen LogP contribution in [0, 0.1) is 17.7 Å². The zero-order valence-electron chi connectivity index (χ0n) is 36.9. The van der Waals surface area contributed by atoms with E-state index in [1.165, 1.54) is 6.07 Å². The minimum absolute atomic E-state index is 0.237. The van der Waals surface area contributed by atoms with Crippen LogP contribution in [0.2, 0.25) is 0 Å². The first-order valence-corrected chi connectivity index (χ1v) is 23.4. The Bertz CT molecular complexity index is 2880. The fourth-order valence-corrected chi connectivity index (χ4v) is 10.9. The summed E-state index contributed by atoms with van der Waals surface area (Å²) in [5.41, 5.74) is 4.41. The van der Waals surface area contributed by atoms with Gasteiger partial charge in [0.25, 0.3) is 0 Å². The summed E-state index contributed by atoms with van der Waals surface area (Å²) in [6.45, 7) is 8.18. The Morgan fingerprint density at radius 2 is 1.36 bits per heavy atom. The fraction of sp³-hybridized carbons (Fsp3) is 0.426. The van der Waals surface area contributed by atoms with Crippen molar-refractivity contribution >= 4 is 46.2 Å². The van der Waals surface area contributed by atoms with Crippen molar-refractivity contribution < 1.29 is 38.5 Å². The number of ether oxygens (including phenoxy) is 1. The number of aromatic nitrogens is 6. The predicted molar refractivity (Wildman–Crippen MR) is 242 cm³/mol. The average Bonchev–Trinajstić information content (AvgIpc) is 4.00. The van der Waals surface area contributed by atoms with Crippen molar-refractivity contribution in [3.8, 4) is 39.5 Å². The number of hydrogen-bond donors (Lipinski definition) is 6. The molecule has 10 rings (SSSR count). The molecular formula is C47H51FN10O7S. The van der Waals surface area contributed by atoms with Gasteiger partial charge in [-0.25, -0.2) is 28.9 Å². The van der Waals surface area contributed by atoms with Gasteiger partial charge in [-0.05, 0) is 80.7 Å². The summed E-state index contributed by atoms with van der Waals surface area (Å²) < 4.78 is 25.7. The summed E-state index contributed by atoms with van der Waals surface area (Å²) in [7, 11) is 0. The summed E-state index contributed by atoms with van der Waals surface area (Å²) in [5, 5.41) is 25.5. The van der Waals surface area contributed by atoms with Crippen molar-refractivity contribution in [1.82, 2.24) is 49.9 Å². The van der Waals surface area contributed by atoms with Crippen molar-refractivity contribution in [3.63, 3.8) is 0 Å². The molecule has 344 valence electrons. The molecule has 3 aliphatic heterocycles. The number of halogens is 1. The lowest BCUT2D eigenvalue weighted by atomic mass is 10.0. The molecular weight excluding hydrogens is 868 g/mol. The normalized spacial score (nSPS) is 20.1. The fourth-order valence-electron chi connectivity index (χ4n) is 9.80. The third-order valence-corrected chi connectivity index (χ3v) is 14.5.